The lowest BCUT2D eigenvalue weighted by Gasteiger charge is -2.19. The first-order chi connectivity index (χ1) is 11.3. The smallest absolute Gasteiger partial charge is 0.241 e. The molecule has 0 aliphatic heterocycles. The monoisotopic (exact) mass is 309 g/mol. The van der Waals surface area contributed by atoms with Crippen molar-refractivity contribution in [3.63, 3.8) is 0 Å². The quantitative estimate of drug-likeness (QED) is 0.727. The van der Waals surface area contributed by atoms with Gasteiger partial charge in [0.2, 0.25) is 11.7 Å². The van der Waals surface area contributed by atoms with Crippen LogP contribution in [0.5, 0.6) is 0 Å². The maximum Gasteiger partial charge on any atom is 0.241 e. The first kappa shape index (κ1) is 15.4. The Morgan fingerprint density at radius 2 is 1.61 bits per heavy atom. The lowest BCUT2D eigenvalue weighted by atomic mass is 10.2. The Bertz CT molecular complexity index is 713. The van der Waals surface area contributed by atoms with E-state index in [0.717, 1.165) is 12.1 Å². The summed E-state index contributed by atoms with van der Waals surface area (Å²) < 4.78 is 5.35. The van der Waals surface area contributed by atoms with E-state index in [4.69, 9.17) is 4.52 Å². The molecule has 0 saturated carbocycles. The highest BCUT2D eigenvalue weighted by Gasteiger charge is 2.13. The minimum atomic E-state index is 0.0898. The topological polar surface area (TPSA) is 62.4 Å². The summed E-state index contributed by atoms with van der Waals surface area (Å²) in [5, 5.41) is 13.3. The third-order valence-electron chi connectivity index (χ3n) is 3.52. The van der Waals surface area contributed by atoms with Crippen LogP contribution in [-0.4, -0.2) is 33.3 Å². The zero-order valence-corrected chi connectivity index (χ0v) is 12.8. The van der Waals surface area contributed by atoms with Crippen molar-refractivity contribution >= 4 is 0 Å². The molecule has 5 nitrogen and oxygen atoms in total. The van der Waals surface area contributed by atoms with Crippen LogP contribution in [0.25, 0.3) is 11.4 Å². The fraction of sp³-hybridized carbons (Fsp3) is 0.222. The summed E-state index contributed by atoms with van der Waals surface area (Å²) >= 11 is 0. The van der Waals surface area contributed by atoms with E-state index in [1.807, 2.05) is 48.5 Å². The van der Waals surface area contributed by atoms with Gasteiger partial charge in [0.25, 0.3) is 0 Å². The van der Waals surface area contributed by atoms with Crippen LogP contribution >= 0.6 is 0 Å². The molecule has 0 aliphatic rings. The van der Waals surface area contributed by atoms with Crippen LogP contribution in [0.2, 0.25) is 0 Å². The molecule has 0 bridgehead atoms. The first-order valence-electron chi connectivity index (χ1n) is 7.60. The molecule has 118 valence electrons. The van der Waals surface area contributed by atoms with Gasteiger partial charge in [-0.1, -0.05) is 65.8 Å². The van der Waals surface area contributed by atoms with Crippen LogP contribution in [0.4, 0.5) is 0 Å². The highest BCUT2D eigenvalue weighted by molar-refractivity contribution is 5.53. The normalized spacial score (nSPS) is 11.0. The Hall–Kier alpha value is -2.50. The summed E-state index contributed by atoms with van der Waals surface area (Å²) in [7, 11) is 0. The summed E-state index contributed by atoms with van der Waals surface area (Å²) in [6, 6.07) is 19.9. The predicted octanol–water partition coefficient (Wildman–Crippen LogP) is 2.73. The van der Waals surface area contributed by atoms with Crippen LogP contribution in [0.1, 0.15) is 11.5 Å². The Morgan fingerprint density at radius 3 is 2.30 bits per heavy atom. The number of hydrogen-bond acceptors (Lipinski definition) is 5. The lowest BCUT2D eigenvalue weighted by molar-refractivity contribution is 0.167. The molecule has 0 fully saturated rings. The molecule has 0 radical (unpaired) electrons. The number of rotatable bonds is 7. The Morgan fingerprint density at radius 1 is 0.913 bits per heavy atom. The average Bonchev–Trinajstić information content (AvgIpc) is 3.05. The summed E-state index contributed by atoms with van der Waals surface area (Å²) in [5.41, 5.74) is 2.11. The lowest BCUT2D eigenvalue weighted by Crippen LogP contribution is -2.26. The van der Waals surface area contributed by atoms with E-state index < -0.39 is 0 Å². The van der Waals surface area contributed by atoms with Crippen LogP contribution < -0.4 is 0 Å². The predicted molar refractivity (Wildman–Crippen MR) is 87.4 cm³/mol. The van der Waals surface area contributed by atoms with Crippen molar-refractivity contribution in [2.45, 2.75) is 13.1 Å². The van der Waals surface area contributed by atoms with E-state index in [1.54, 1.807) is 0 Å². The Kier molecular flexibility index (Phi) is 5.13. The third kappa shape index (κ3) is 4.25. The molecule has 0 spiro atoms. The number of aromatic nitrogens is 2. The molecule has 23 heavy (non-hydrogen) atoms. The van der Waals surface area contributed by atoms with E-state index in [9.17, 15) is 5.11 Å². The molecule has 0 atom stereocenters. The Balaban J connectivity index is 1.69. The maximum atomic E-state index is 9.27. The molecule has 0 unspecified atom stereocenters. The van der Waals surface area contributed by atoms with Crippen molar-refractivity contribution in [2.75, 3.05) is 13.2 Å². The van der Waals surface area contributed by atoms with Gasteiger partial charge in [-0.05, 0) is 5.56 Å². The van der Waals surface area contributed by atoms with Gasteiger partial charge in [0.1, 0.15) is 0 Å². The van der Waals surface area contributed by atoms with E-state index in [-0.39, 0.29) is 6.61 Å². The van der Waals surface area contributed by atoms with Gasteiger partial charge in [-0.25, -0.2) is 0 Å². The van der Waals surface area contributed by atoms with Gasteiger partial charge < -0.3 is 9.63 Å². The van der Waals surface area contributed by atoms with Gasteiger partial charge in [0.15, 0.2) is 0 Å². The van der Waals surface area contributed by atoms with Crippen LogP contribution in [0, 0.1) is 0 Å². The zero-order valence-electron chi connectivity index (χ0n) is 12.8. The molecule has 5 heteroatoms. The molecular formula is C18H19N3O2. The van der Waals surface area contributed by atoms with Crippen molar-refractivity contribution in [3.05, 3.63) is 72.1 Å². The SMILES string of the molecule is OCCN(Cc1ccccc1)Cc1nc(-c2ccccc2)no1. The van der Waals surface area contributed by atoms with Gasteiger partial charge in [0.05, 0.1) is 13.2 Å². The van der Waals surface area contributed by atoms with Crippen LogP contribution in [-0.2, 0) is 13.1 Å². The maximum absolute atomic E-state index is 9.27. The van der Waals surface area contributed by atoms with Crippen molar-refractivity contribution in [3.8, 4) is 11.4 Å². The zero-order chi connectivity index (χ0) is 15.9. The van der Waals surface area contributed by atoms with Crippen LogP contribution in [0.15, 0.2) is 65.2 Å². The molecule has 0 saturated heterocycles. The van der Waals surface area contributed by atoms with Crippen LogP contribution in [0.3, 0.4) is 0 Å². The number of hydrogen-bond donors (Lipinski definition) is 1. The first-order valence-corrected chi connectivity index (χ1v) is 7.60. The molecule has 1 aromatic heterocycles. The van der Waals surface area contributed by atoms with E-state index in [1.165, 1.54) is 5.56 Å². The summed E-state index contributed by atoms with van der Waals surface area (Å²) in [6.07, 6.45) is 0. The largest absolute Gasteiger partial charge is 0.395 e. The van der Waals surface area contributed by atoms with Gasteiger partial charge in [-0.3, -0.25) is 4.90 Å². The van der Waals surface area contributed by atoms with Crippen molar-refractivity contribution in [1.29, 1.82) is 0 Å². The second-order valence-electron chi connectivity index (χ2n) is 5.30. The second kappa shape index (κ2) is 7.67. The fourth-order valence-corrected chi connectivity index (χ4v) is 2.41. The number of benzene rings is 2. The van der Waals surface area contributed by atoms with Crippen molar-refractivity contribution in [2.24, 2.45) is 0 Å². The van der Waals surface area contributed by atoms with E-state index >= 15 is 0 Å². The highest BCUT2D eigenvalue weighted by Crippen LogP contribution is 2.16. The highest BCUT2D eigenvalue weighted by atomic mass is 16.5. The molecule has 0 aliphatic carbocycles. The summed E-state index contributed by atoms with van der Waals surface area (Å²) in [5.74, 6) is 1.14. The Labute approximate surface area is 135 Å². The van der Waals surface area contributed by atoms with Gasteiger partial charge in [-0.2, -0.15) is 4.98 Å². The molecule has 1 heterocycles. The minimum absolute atomic E-state index is 0.0898. The van der Waals surface area contributed by atoms with Crippen molar-refractivity contribution < 1.29 is 9.63 Å². The molecule has 1 N–H and O–H groups in total. The molecule has 2 aromatic carbocycles. The average molecular weight is 309 g/mol. The minimum Gasteiger partial charge on any atom is -0.395 e. The fourth-order valence-electron chi connectivity index (χ4n) is 2.41. The summed E-state index contributed by atoms with van der Waals surface area (Å²) in [6.45, 7) is 1.88. The third-order valence-corrected chi connectivity index (χ3v) is 3.52. The molecule has 0 amide bonds. The van der Waals surface area contributed by atoms with Gasteiger partial charge >= 0.3 is 0 Å². The number of aliphatic hydroxyl groups is 1. The summed E-state index contributed by atoms with van der Waals surface area (Å²) in [4.78, 5) is 6.52. The number of aliphatic hydroxyl groups excluding tert-OH is 1. The van der Waals surface area contributed by atoms with E-state index in [0.29, 0.717) is 24.8 Å². The molecule has 3 aromatic rings. The molecular weight excluding hydrogens is 290 g/mol. The van der Waals surface area contributed by atoms with Crippen molar-refractivity contribution in [1.82, 2.24) is 15.0 Å². The standard InChI is InChI=1S/C18H19N3O2/c22-12-11-21(13-15-7-3-1-4-8-15)14-17-19-18(20-23-17)16-9-5-2-6-10-16/h1-10,22H,11-14H2. The van der Waals surface area contributed by atoms with Gasteiger partial charge in [-0.15, -0.1) is 0 Å². The second-order valence-corrected chi connectivity index (χ2v) is 5.30. The molecule has 3 rings (SSSR count). The van der Waals surface area contributed by atoms with Gasteiger partial charge in [0, 0.05) is 18.7 Å². The van der Waals surface area contributed by atoms with E-state index in [2.05, 4.69) is 27.2 Å². The number of nitrogens with zero attached hydrogens (tertiary/aromatic N) is 3.